The summed E-state index contributed by atoms with van der Waals surface area (Å²) in [5.41, 5.74) is 1.90. The van der Waals surface area contributed by atoms with Crippen LogP contribution in [0.2, 0.25) is 0 Å². The van der Waals surface area contributed by atoms with Gasteiger partial charge < -0.3 is 14.8 Å². The number of esters is 1. The molecule has 1 aliphatic heterocycles. The first-order valence-electron chi connectivity index (χ1n) is 10.4. The zero-order valence-electron chi connectivity index (χ0n) is 18.3. The van der Waals surface area contributed by atoms with Gasteiger partial charge in [-0.25, -0.2) is 4.79 Å². The van der Waals surface area contributed by atoms with Crippen LogP contribution in [0.4, 0.5) is 5.69 Å². The molecule has 0 atom stereocenters. The second kappa shape index (κ2) is 11.6. The number of hydrogen-bond acceptors (Lipinski definition) is 7. The third-order valence-electron chi connectivity index (χ3n) is 4.74. The molecule has 172 valence electrons. The molecule has 1 heterocycles. The standard InChI is InChI=1S/C24H24N2O5S2/c1-3-31-19-12-10-18(11-13-19)25-21(27)5-4-14-26-22(28)20(33-24(26)32)15-16-6-8-17(9-7-16)23(29)30-2/h6-13,15H,3-5,14H2,1-2H3,(H,25,27). The van der Waals surface area contributed by atoms with Crippen molar-refractivity contribution in [2.24, 2.45) is 0 Å². The Labute approximate surface area is 202 Å². The summed E-state index contributed by atoms with van der Waals surface area (Å²) >= 11 is 6.58. The van der Waals surface area contributed by atoms with Gasteiger partial charge in [0.2, 0.25) is 5.91 Å². The van der Waals surface area contributed by atoms with Crippen LogP contribution in [0.5, 0.6) is 5.75 Å². The SMILES string of the molecule is CCOc1ccc(NC(=O)CCCN2C(=O)C(=Cc3ccc(C(=O)OC)cc3)SC2=S)cc1. The van der Waals surface area contributed by atoms with Gasteiger partial charge in [-0.3, -0.25) is 14.5 Å². The number of carbonyl (C=O) groups excluding carboxylic acids is 3. The predicted molar refractivity (Wildman–Crippen MR) is 133 cm³/mol. The van der Waals surface area contributed by atoms with Crippen LogP contribution in [0.3, 0.4) is 0 Å². The normalized spacial score (nSPS) is 14.5. The molecule has 9 heteroatoms. The fourth-order valence-corrected chi connectivity index (χ4v) is 4.41. The summed E-state index contributed by atoms with van der Waals surface area (Å²) in [7, 11) is 1.32. The molecule has 0 aliphatic carbocycles. The van der Waals surface area contributed by atoms with Crippen molar-refractivity contribution >= 4 is 57.8 Å². The van der Waals surface area contributed by atoms with Crippen molar-refractivity contribution in [2.45, 2.75) is 19.8 Å². The zero-order valence-corrected chi connectivity index (χ0v) is 20.0. The van der Waals surface area contributed by atoms with Crippen molar-refractivity contribution in [3.8, 4) is 5.75 Å². The van der Waals surface area contributed by atoms with Crippen LogP contribution in [0.25, 0.3) is 6.08 Å². The molecule has 1 saturated heterocycles. The summed E-state index contributed by atoms with van der Waals surface area (Å²) in [6, 6.07) is 13.9. The van der Waals surface area contributed by atoms with E-state index in [2.05, 4.69) is 10.1 Å². The molecule has 2 amide bonds. The minimum absolute atomic E-state index is 0.133. The molecule has 1 aliphatic rings. The maximum Gasteiger partial charge on any atom is 0.337 e. The first kappa shape index (κ1) is 24.5. The summed E-state index contributed by atoms with van der Waals surface area (Å²) in [6.07, 6.45) is 2.48. The van der Waals surface area contributed by atoms with E-state index in [4.69, 9.17) is 17.0 Å². The monoisotopic (exact) mass is 484 g/mol. The lowest BCUT2D eigenvalue weighted by Gasteiger charge is -2.14. The van der Waals surface area contributed by atoms with E-state index in [0.29, 0.717) is 40.0 Å². The average Bonchev–Trinajstić information content (AvgIpc) is 3.08. The Kier molecular flexibility index (Phi) is 8.62. The third-order valence-corrected chi connectivity index (χ3v) is 6.12. The number of amides is 2. The second-order valence-electron chi connectivity index (χ2n) is 7.06. The van der Waals surface area contributed by atoms with Gasteiger partial charge in [0.25, 0.3) is 5.91 Å². The molecular weight excluding hydrogens is 460 g/mol. The summed E-state index contributed by atoms with van der Waals surface area (Å²) in [5, 5.41) is 2.84. The van der Waals surface area contributed by atoms with Crippen molar-refractivity contribution in [3.05, 3.63) is 64.6 Å². The number of thiocarbonyl (C=S) groups is 1. The highest BCUT2D eigenvalue weighted by Crippen LogP contribution is 2.32. The van der Waals surface area contributed by atoms with E-state index < -0.39 is 5.97 Å². The van der Waals surface area contributed by atoms with E-state index in [0.717, 1.165) is 11.3 Å². The minimum Gasteiger partial charge on any atom is -0.494 e. The van der Waals surface area contributed by atoms with Crippen LogP contribution in [-0.2, 0) is 14.3 Å². The number of nitrogens with zero attached hydrogens (tertiary/aromatic N) is 1. The van der Waals surface area contributed by atoms with Gasteiger partial charge in [0.05, 0.1) is 24.2 Å². The number of anilines is 1. The molecule has 3 rings (SSSR count). The first-order chi connectivity index (χ1) is 15.9. The molecule has 2 aromatic rings. The van der Waals surface area contributed by atoms with Crippen LogP contribution in [-0.4, -0.2) is 47.3 Å². The Balaban J connectivity index is 1.51. The second-order valence-corrected chi connectivity index (χ2v) is 8.73. The van der Waals surface area contributed by atoms with Gasteiger partial charge in [0.15, 0.2) is 0 Å². The molecule has 0 spiro atoms. The highest BCUT2D eigenvalue weighted by atomic mass is 32.2. The first-order valence-corrected chi connectivity index (χ1v) is 11.6. The molecule has 1 N–H and O–H groups in total. The smallest absolute Gasteiger partial charge is 0.337 e. The van der Waals surface area contributed by atoms with Gasteiger partial charge in [-0.05, 0) is 61.4 Å². The number of benzene rings is 2. The van der Waals surface area contributed by atoms with E-state index in [-0.39, 0.29) is 18.2 Å². The molecule has 0 saturated carbocycles. The molecular formula is C24H24N2O5S2. The summed E-state index contributed by atoms with van der Waals surface area (Å²) < 4.78 is 10.5. The average molecular weight is 485 g/mol. The highest BCUT2D eigenvalue weighted by Gasteiger charge is 2.31. The summed E-state index contributed by atoms with van der Waals surface area (Å²) in [4.78, 5) is 38.6. The van der Waals surface area contributed by atoms with Gasteiger partial charge in [-0.1, -0.05) is 36.1 Å². The van der Waals surface area contributed by atoms with E-state index in [1.54, 1.807) is 54.6 Å². The largest absolute Gasteiger partial charge is 0.494 e. The Bertz CT molecular complexity index is 1070. The quantitative estimate of drug-likeness (QED) is 0.319. The number of ether oxygens (including phenoxy) is 2. The molecule has 1 fully saturated rings. The summed E-state index contributed by atoms with van der Waals surface area (Å²) in [6.45, 7) is 2.85. The number of rotatable bonds is 9. The lowest BCUT2D eigenvalue weighted by molar-refractivity contribution is -0.122. The number of hydrogen-bond donors (Lipinski definition) is 1. The van der Waals surface area contributed by atoms with E-state index in [9.17, 15) is 14.4 Å². The van der Waals surface area contributed by atoms with Crippen molar-refractivity contribution in [2.75, 3.05) is 25.6 Å². The van der Waals surface area contributed by atoms with E-state index in [1.165, 1.54) is 23.8 Å². The van der Waals surface area contributed by atoms with Crippen molar-refractivity contribution in [1.29, 1.82) is 0 Å². The number of carbonyl (C=O) groups is 3. The van der Waals surface area contributed by atoms with Crippen molar-refractivity contribution < 1.29 is 23.9 Å². The van der Waals surface area contributed by atoms with Gasteiger partial charge in [-0.15, -0.1) is 0 Å². The lowest BCUT2D eigenvalue weighted by Crippen LogP contribution is -2.29. The molecule has 7 nitrogen and oxygen atoms in total. The van der Waals surface area contributed by atoms with Gasteiger partial charge in [-0.2, -0.15) is 0 Å². The van der Waals surface area contributed by atoms with Crippen LogP contribution in [0.15, 0.2) is 53.4 Å². The maximum atomic E-state index is 12.8. The van der Waals surface area contributed by atoms with Gasteiger partial charge in [0.1, 0.15) is 10.1 Å². The fourth-order valence-electron chi connectivity index (χ4n) is 3.10. The van der Waals surface area contributed by atoms with Crippen LogP contribution in [0, 0.1) is 0 Å². The van der Waals surface area contributed by atoms with Crippen molar-refractivity contribution in [3.63, 3.8) is 0 Å². The molecule has 0 radical (unpaired) electrons. The maximum absolute atomic E-state index is 12.8. The Morgan fingerprint density at radius 3 is 2.45 bits per heavy atom. The third kappa shape index (κ3) is 6.66. The highest BCUT2D eigenvalue weighted by molar-refractivity contribution is 8.26. The number of thioether (sulfide) groups is 1. The fraction of sp³-hybridized carbons (Fsp3) is 0.250. The van der Waals surface area contributed by atoms with Crippen LogP contribution >= 0.6 is 24.0 Å². The van der Waals surface area contributed by atoms with Crippen LogP contribution in [0.1, 0.15) is 35.7 Å². The topological polar surface area (TPSA) is 84.9 Å². The van der Waals surface area contributed by atoms with E-state index in [1.807, 2.05) is 6.92 Å². The zero-order chi connectivity index (χ0) is 23.8. The van der Waals surface area contributed by atoms with Crippen LogP contribution < -0.4 is 10.1 Å². The summed E-state index contributed by atoms with van der Waals surface area (Å²) in [5.74, 6) is 0.0107. The lowest BCUT2D eigenvalue weighted by atomic mass is 10.1. The molecule has 33 heavy (non-hydrogen) atoms. The van der Waals surface area contributed by atoms with E-state index >= 15 is 0 Å². The minimum atomic E-state index is -0.417. The molecule has 0 bridgehead atoms. The number of nitrogens with one attached hydrogen (secondary N) is 1. The van der Waals surface area contributed by atoms with Crippen molar-refractivity contribution in [1.82, 2.24) is 4.90 Å². The Morgan fingerprint density at radius 2 is 1.82 bits per heavy atom. The van der Waals surface area contributed by atoms with Gasteiger partial charge >= 0.3 is 5.97 Å². The number of methoxy groups -OCH3 is 1. The molecule has 2 aromatic carbocycles. The Hall–Kier alpha value is -3.17. The Morgan fingerprint density at radius 1 is 1.12 bits per heavy atom. The van der Waals surface area contributed by atoms with Gasteiger partial charge in [0, 0.05) is 18.7 Å². The predicted octanol–water partition coefficient (Wildman–Crippen LogP) is 4.49. The molecule has 0 unspecified atom stereocenters. The molecule has 0 aromatic heterocycles.